The maximum atomic E-state index is 10.6. The third kappa shape index (κ3) is 7.36. The van der Waals surface area contributed by atoms with E-state index in [9.17, 15) is 20.2 Å². The first-order valence-electron chi connectivity index (χ1n) is 11.2. The topological polar surface area (TPSA) is 138 Å². The van der Waals surface area contributed by atoms with Gasteiger partial charge in [0.15, 0.2) is 0 Å². The van der Waals surface area contributed by atoms with E-state index >= 15 is 0 Å². The molecule has 0 saturated heterocycles. The van der Waals surface area contributed by atoms with E-state index in [4.69, 9.17) is 19.7 Å². The molecule has 3 aromatic rings. The Balaban J connectivity index is 0.000000159. The monoisotopic (exact) mass is 574 g/mol. The number of aryl methyl sites for hydroxylation is 1. The summed E-state index contributed by atoms with van der Waals surface area (Å²) in [6.45, 7) is 22.1. The van der Waals surface area contributed by atoms with E-state index in [1.807, 2.05) is 13.1 Å². The Morgan fingerprint density at radius 3 is 1.61 bits per heavy atom. The number of hydrogen-bond acceptors (Lipinski definition) is 7. The smallest absolute Gasteiger partial charge is 0.348 e. The van der Waals surface area contributed by atoms with Crippen LogP contribution < -0.4 is 0 Å². The summed E-state index contributed by atoms with van der Waals surface area (Å²) in [6, 6.07) is 4.82. The lowest BCUT2D eigenvalue weighted by atomic mass is 10.1. The molecule has 3 heterocycles. The number of rotatable bonds is 4. The zero-order valence-corrected chi connectivity index (χ0v) is 21.6. The highest BCUT2D eigenvalue weighted by Gasteiger charge is 2.28. The highest BCUT2D eigenvalue weighted by atomic mass is 79.9. The second kappa shape index (κ2) is 12.4. The van der Waals surface area contributed by atoms with Crippen LogP contribution in [0.5, 0.6) is 0 Å². The molecule has 190 valence electrons. The molecule has 13 heteroatoms. The predicted molar refractivity (Wildman–Crippen MR) is 141 cm³/mol. The molecule has 38 heavy (non-hydrogen) atoms. The summed E-state index contributed by atoms with van der Waals surface area (Å²) in [4.78, 5) is 40.5. The molecule has 12 nitrogen and oxygen atoms in total. The van der Waals surface area contributed by atoms with Crippen molar-refractivity contribution in [3.05, 3.63) is 112 Å². The molecule has 2 aliphatic rings. The van der Waals surface area contributed by atoms with Crippen molar-refractivity contribution in [1.29, 1.82) is 0 Å². The van der Waals surface area contributed by atoms with Crippen molar-refractivity contribution in [2.45, 2.75) is 44.4 Å². The van der Waals surface area contributed by atoms with Crippen molar-refractivity contribution in [2.24, 2.45) is 0 Å². The maximum absolute atomic E-state index is 10.6. The minimum atomic E-state index is -0.634. The average molecular weight is 575 g/mol. The van der Waals surface area contributed by atoms with Crippen molar-refractivity contribution < 1.29 is 9.85 Å². The summed E-state index contributed by atoms with van der Waals surface area (Å²) in [7, 11) is 0. The number of nitrogens with zero attached hydrogens (tertiary/aromatic N) is 8. The van der Waals surface area contributed by atoms with Crippen LogP contribution in [-0.2, 0) is 0 Å². The van der Waals surface area contributed by atoms with E-state index in [2.05, 4.69) is 51.5 Å². The highest BCUT2D eigenvalue weighted by Crippen LogP contribution is 2.42. The van der Waals surface area contributed by atoms with Crippen LogP contribution in [0.25, 0.3) is 14.5 Å². The van der Waals surface area contributed by atoms with Crippen LogP contribution in [0.3, 0.4) is 0 Å². The van der Waals surface area contributed by atoms with Gasteiger partial charge in [-0.3, -0.25) is 20.2 Å². The molecule has 3 aromatic heterocycles. The van der Waals surface area contributed by atoms with E-state index in [0.29, 0.717) is 16.2 Å². The van der Waals surface area contributed by atoms with E-state index in [1.165, 1.54) is 36.7 Å². The quantitative estimate of drug-likeness (QED) is 0.178. The third-order valence-electron chi connectivity index (χ3n) is 5.56. The molecule has 0 radical (unpaired) electrons. The van der Waals surface area contributed by atoms with Gasteiger partial charge in [-0.1, -0.05) is 25.8 Å². The molecule has 0 aliphatic heterocycles. The Kier molecular flexibility index (Phi) is 9.09. The molecule has 5 rings (SSSR count). The highest BCUT2D eigenvalue weighted by molar-refractivity contribution is 9.10. The van der Waals surface area contributed by atoms with E-state index in [0.717, 1.165) is 29.9 Å². The maximum Gasteiger partial charge on any atom is 0.348 e. The summed E-state index contributed by atoms with van der Waals surface area (Å²) in [5.41, 5.74) is 2.74. The molecule has 0 bridgehead atoms. The van der Waals surface area contributed by atoms with Gasteiger partial charge in [0.2, 0.25) is 0 Å². The fourth-order valence-corrected chi connectivity index (χ4v) is 3.63. The lowest BCUT2D eigenvalue weighted by molar-refractivity contribution is -0.384. The summed E-state index contributed by atoms with van der Waals surface area (Å²) in [5, 5.41) is 20.9. The Morgan fingerprint density at radius 2 is 1.18 bits per heavy atom. The third-order valence-corrected chi connectivity index (χ3v) is 6.00. The van der Waals surface area contributed by atoms with Gasteiger partial charge in [0.1, 0.15) is 18.6 Å². The van der Waals surface area contributed by atoms with Crippen molar-refractivity contribution >= 4 is 44.8 Å². The Labute approximate surface area is 226 Å². The largest absolute Gasteiger partial charge is 0.360 e. The normalized spacial score (nSPS) is 13.2. The van der Waals surface area contributed by atoms with Crippen LogP contribution in [0, 0.1) is 46.9 Å². The molecular formula is C25H19BrN8O4. The molecule has 0 spiro atoms. The summed E-state index contributed by atoms with van der Waals surface area (Å²) < 4.78 is 0.488. The Bertz CT molecular complexity index is 1520. The number of hydrogen-bond donors (Lipinski definition) is 0. The molecule has 0 aromatic carbocycles. The van der Waals surface area contributed by atoms with Crippen LogP contribution in [-0.4, -0.2) is 24.8 Å². The summed E-state index contributed by atoms with van der Waals surface area (Å²) >= 11 is 3.02. The zero-order chi connectivity index (χ0) is 27.8. The standard InChI is InChI=1S/C10H10N2.C9H7N3O2.C6H2BrN3O2/c1-7-5-9(8-3-4-8)6-12-10(7)11-2;1-10-9-8(12(13)14)4-7(5-11-9)6-2-3-6;1-8-6-5(10(11)12)2-4(7)3-9-6/h5-6,8H,3-4H2,1H3;4-6H,2-3H2;2-3H. The van der Waals surface area contributed by atoms with Crippen LogP contribution in [0.4, 0.5) is 28.8 Å². The molecule has 2 saturated carbocycles. The lowest BCUT2D eigenvalue weighted by Crippen LogP contribution is -1.92. The first-order chi connectivity index (χ1) is 18.2. The fraction of sp³-hybridized carbons (Fsp3) is 0.280. The number of pyridine rings is 3. The summed E-state index contributed by atoms with van der Waals surface area (Å²) in [5.74, 6) is 1.37. The van der Waals surface area contributed by atoms with Crippen molar-refractivity contribution in [3.8, 4) is 0 Å². The lowest BCUT2D eigenvalue weighted by Gasteiger charge is -1.98. The van der Waals surface area contributed by atoms with Gasteiger partial charge in [-0.05, 0) is 71.5 Å². The first-order valence-corrected chi connectivity index (χ1v) is 12.0. The van der Waals surface area contributed by atoms with Gasteiger partial charge < -0.3 is 14.5 Å². The van der Waals surface area contributed by atoms with E-state index < -0.39 is 9.85 Å². The molecule has 0 amide bonds. The van der Waals surface area contributed by atoms with Crippen LogP contribution in [0.1, 0.15) is 54.2 Å². The second-order valence-corrected chi connectivity index (χ2v) is 9.33. The van der Waals surface area contributed by atoms with Gasteiger partial charge in [0.25, 0.3) is 17.2 Å². The number of halogens is 1. The molecule has 0 atom stereocenters. The molecule has 0 N–H and O–H groups in total. The minimum Gasteiger partial charge on any atom is -0.360 e. The number of aromatic nitrogens is 3. The van der Waals surface area contributed by atoms with Gasteiger partial charge in [0, 0.05) is 17.7 Å². The molecule has 0 unspecified atom stereocenters. The van der Waals surface area contributed by atoms with E-state index in [1.54, 1.807) is 6.20 Å². The minimum absolute atomic E-state index is 0.126. The van der Waals surface area contributed by atoms with E-state index in [-0.39, 0.29) is 23.0 Å². The molecular weight excluding hydrogens is 556 g/mol. The van der Waals surface area contributed by atoms with Crippen molar-refractivity contribution in [3.63, 3.8) is 0 Å². The fourth-order valence-electron chi connectivity index (χ4n) is 3.31. The van der Waals surface area contributed by atoms with Gasteiger partial charge in [-0.2, -0.15) is 0 Å². The Morgan fingerprint density at radius 1 is 0.763 bits per heavy atom. The van der Waals surface area contributed by atoms with Crippen LogP contribution >= 0.6 is 15.9 Å². The van der Waals surface area contributed by atoms with Gasteiger partial charge in [-0.25, -0.2) is 0 Å². The van der Waals surface area contributed by atoms with Crippen LogP contribution in [0.15, 0.2) is 41.3 Å². The SMILES string of the molecule is [C-]#[N+]c1ncc(Br)cc1[N+](=O)[O-].[C-]#[N+]c1ncc(C2CC2)cc1C.[C-]#[N+]c1ncc(C2CC2)cc1[N+](=O)[O-]. The van der Waals surface area contributed by atoms with Gasteiger partial charge >= 0.3 is 11.6 Å². The second-order valence-electron chi connectivity index (χ2n) is 8.41. The predicted octanol–water partition coefficient (Wildman–Crippen LogP) is 7.54. The molecule has 2 fully saturated rings. The van der Waals surface area contributed by atoms with Crippen molar-refractivity contribution in [2.75, 3.05) is 0 Å². The van der Waals surface area contributed by atoms with Crippen LogP contribution in [0.2, 0.25) is 0 Å². The van der Waals surface area contributed by atoms with Gasteiger partial charge in [-0.15, -0.1) is 15.0 Å². The average Bonchev–Trinajstić information content (AvgIpc) is 3.82. The summed E-state index contributed by atoms with van der Waals surface area (Å²) in [6.07, 6.45) is 9.47. The zero-order valence-electron chi connectivity index (χ0n) is 20.0. The van der Waals surface area contributed by atoms with Crippen molar-refractivity contribution in [1.82, 2.24) is 15.0 Å². The Hall–Kier alpha value is -4.80. The first kappa shape index (κ1) is 27.8. The number of nitro groups is 2. The van der Waals surface area contributed by atoms with Gasteiger partial charge in [0.05, 0.1) is 14.3 Å². The molecule has 2 aliphatic carbocycles.